The third-order valence-electron chi connectivity index (χ3n) is 7.57. The van der Waals surface area contributed by atoms with Crippen molar-refractivity contribution in [3.8, 4) is 5.75 Å². The fourth-order valence-corrected chi connectivity index (χ4v) is 6.45. The maximum Gasteiger partial charge on any atom is 0.338 e. The lowest BCUT2D eigenvalue weighted by Gasteiger charge is -2.37. The summed E-state index contributed by atoms with van der Waals surface area (Å²) >= 11 is 1.42. The van der Waals surface area contributed by atoms with E-state index < -0.39 is 12.0 Å². The van der Waals surface area contributed by atoms with E-state index in [-0.39, 0.29) is 30.8 Å². The predicted molar refractivity (Wildman–Crippen MR) is 160 cm³/mol. The molecule has 0 spiro atoms. The topological polar surface area (TPSA) is 97.7 Å². The molecule has 0 aromatic heterocycles. The van der Waals surface area contributed by atoms with Gasteiger partial charge in [-0.2, -0.15) is 0 Å². The molecule has 9 nitrogen and oxygen atoms in total. The first kappa shape index (κ1) is 29.4. The number of esters is 2. The van der Waals surface area contributed by atoms with Gasteiger partial charge in [0, 0.05) is 18.8 Å². The van der Waals surface area contributed by atoms with E-state index in [1.807, 2.05) is 71.8 Å². The number of rotatable bonds is 9. The fourth-order valence-electron chi connectivity index (χ4n) is 5.48. The number of hydrogen-bond donors (Lipinski definition) is 0. The first-order valence-electron chi connectivity index (χ1n) is 14.1. The maximum absolute atomic E-state index is 13.7. The standard InChI is InChI=1S/C32H35N3O6S/c1-4-40-30(37)24-13-9-15-34(18-24)27(36)17-25-20-42-32-33-21(2)28(31(38)41-19-22-10-6-5-7-11-22)29(35(25)32)23-12-8-14-26(16-23)39-3/h5-8,10-12,14,16,20,24,29H,4,9,13,15,17-19H2,1-3H3. The van der Waals surface area contributed by atoms with Crippen LogP contribution in [0.15, 0.2) is 82.0 Å². The Kier molecular flexibility index (Phi) is 9.31. The Morgan fingerprint density at radius 1 is 1.07 bits per heavy atom. The van der Waals surface area contributed by atoms with Crippen LogP contribution in [0.2, 0.25) is 0 Å². The zero-order valence-corrected chi connectivity index (χ0v) is 24.9. The highest BCUT2D eigenvalue weighted by atomic mass is 32.2. The van der Waals surface area contributed by atoms with E-state index in [4.69, 9.17) is 19.2 Å². The monoisotopic (exact) mass is 589 g/mol. The van der Waals surface area contributed by atoms with Gasteiger partial charge in [-0.3, -0.25) is 9.59 Å². The predicted octanol–water partition coefficient (Wildman–Crippen LogP) is 5.21. The lowest BCUT2D eigenvalue weighted by molar-refractivity contribution is -0.151. The number of nitrogens with zero attached hydrogens (tertiary/aromatic N) is 3. The van der Waals surface area contributed by atoms with Crippen LogP contribution >= 0.6 is 11.8 Å². The van der Waals surface area contributed by atoms with Gasteiger partial charge in [-0.05, 0) is 55.4 Å². The van der Waals surface area contributed by atoms with E-state index in [1.165, 1.54) is 11.8 Å². The van der Waals surface area contributed by atoms with Crippen molar-refractivity contribution in [2.24, 2.45) is 10.9 Å². The minimum atomic E-state index is -0.571. The molecule has 0 radical (unpaired) electrons. The second-order valence-corrected chi connectivity index (χ2v) is 11.2. The minimum Gasteiger partial charge on any atom is -0.497 e. The van der Waals surface area contributed by atoms with Gasteiger partial charge in [0.15, 0.2) is 5.17 Å². The number of likely N-dealkylation sites (tertiary alicyclic amines) is 1. The summed E-state index contributed by atoms with van der Waals surface area (Å²) in [5.41, 5.74) is 3.40. The molecule has 42 heavy (non-hydrogen) atoms. The molecule has 0 saturated carbocycles. The summed E-state index contributed by atoms with van der Waals surface area (Å²) in [5, 5.41) is 2.60. The van der Waals surface area contributed by atoms with Gasteiger partial charge in [-0.25, -0.2) is 9.79 Å². The van der Waals surface area contributed by atoms with E-state index in [1.54, 1.807) is 18.9 Å². The molecule has 0 bridgehead atoms. The lowest BCUT2D eigenvalue weighted by Crippen LogP contribution is -2.44. The summed E-state index contributed by atoms with van der Waals surface area (Å²) in [6, 6.07) is 16.5. The molecule has 10 heteroatoms. The summed E-state index contributed by atoms with van der Waals surface area (Å²) in [4.78, 5) is 48.1. The lowest BCUT2D eigenvalue weighted by atomic mass is 9.93. The van der Waals surface area contributed by atoms with Crippen molar-refractivity contribution in [1.29, 1.82) is 0 Å². The summed E-state index contributed by atoms with van der Waals surface area (Å²) in [7, 11) is 1.60. The molecule has 2 aromatic carbocycles. The quantitative estimate of drug-likeness (QED) is 0.368. The van der Waals surface area contributed by atoms with Gasteiger partial charge in [0.1, 0.15) is 12.4 Å². The van der Waals surface area contributed by atoms with E-state index >= 15 is 0 Å². The van der Waals surface area contributed by atoms with Crippen molar-refractivity contribution in [3.63, 3.8) is 0 Å². The van der Waals surface area contributed by atoms with Gasteiger partial charge in [0.05, 0.1) is 43.4 Å². The van der Waals surface area contributed by atoms with Crippen molar-refractivity contribution < 1.29 is 28.6 Å². The molecule has 1 fully saturated rings. The van der Waals surface area contributed by atoms with Crippen molar-refractivity contribution in [2.75, 3.05) is 26.8 Å². The van der Waals surface area contributed by atoms with Gasteiger partial charge in [0.25, 0.3) is 0 Å². The highest BCUT2D eigenvalue weighted by Gasteiger charge is 2.42. The van der Waals surface area contributed by atoms with Crippen molar-refractivity contribution >= 4 is 34.8 Å². The van der Waals surface area contributed by atoms with E-state index in [0.717, 1.165) is 23.2 Å². The maximum atomic E-state index is 13.7. The van der Waals surface area contributed by atoms with E-state index in [0.29, 0.717) is 48.3 Å². The Balaban J connectivity index is 1.41. The van der Waals surface area contributed by atoms with Crippen LogP contribution in [-0.2, 0) is 30.5 Å². The number of carbonyl (C=O) groups excluding carboxylic acids is 3. The average Bonchev–Trinajstić information content (AvgIpc) is 3.41. The average molecular weight is 590 g/mol. The SMILES string of the molecule is CCOC(=O)C1CCCN(C(=O)CC2=CSC3=NC(C)=C(C(=O)OCc4ccccc4)C(c4cccc(OC)c4)N23)C1. The molecular weight excluding hydrogens is 554 g/mol. The molecule has 3 aliphatic rings. The molecule has 3 heterocycles. The Morgan fingerprint density at radius 3 is 2.64 bits per heavy atom. The van der Waals surface area contributed by atoms with Crippen molar-refractivity contribution in [3.05, 3.63) is 88.1 Å². The molecule has 2 unspecified atom stereocenters. The molecular formula is C32H35N3O6S. The second-order valence-electron chi connectivity index (χ2n) is 10.3. The number of amides is 1. The van der Waals surface area contributed by atoms with Crippen LogP contribution in [0, 0.1) is 5.92 Å². The number of aliphatic imine (C=N–C) groups is 1. The first-order chi connectivity index (χ1) is 20.4. The molecule has 1 amide bonds. The normalized spacial score (nSPS) is 20.0. The number of hydrogen-bond acceptors (Lipinski definition) is 9. The number of methoxy groups -OCH3 is 1. The van der Waals surface area contributed by atoms with Crippen LogP contribution in [-0.4, -0.2) is 59.6 Å². The second kappa shape index (κ2) is 13.3. The molecule has 0 aliphatic carbocycles. The Bertz CT molecular complexity index is 1440. The number of allylic oxidation sites excluding steroid dienone is 1. The van der Waals surface area contributed by atoms with Gasteiger partial charge < -0.3 is 24.0 Å². The smallest absolute Gasteiger partial charge is 0.338 e. The third kappa shape index (κ3) is 6.38. The van der Waals surface area contributed by atoms with Crippen LogP contribution in [0.4, 0.5) is 0 Å². The van der Waals surface area contributed by atoms with Gasteiger partial charge in [-0.15, -0.1) is 0 Å². The summed E-state index contributed by atoms with van der Waals surface area (Å²) in [6.45, 7) is 4.97. The number of ether oxygens (including phenoxy) is 3. The largest absolute Gasteiger partial charge is 0.497 e. The molecule has 2 aromatic rings. The summed E-state index contributed by atoms with van der Waals surface area (Å²) in [5.74, 6) is -0.474. The third-order valence-corrected chi connectivity index (χ3v) is 8.46. The minimum absolute atomic E-state index is 0.0824. The van der Waals surface area contributed by atoms with E-state index in [9.17, 15) is 14.4 Å². The zero-order valence-electron chi connectivity index (χ0n) is 24.1. The van der Waals surface area contributed by atoms with Gasteiger partial charge >= 0.3 is 11.9 Å². The Hall–Kier alpha value is -4.05. The number of thioether (sulfide) groups is 1. The molecule has 2 atom stereocenters. The summed E-state index contributed by atoms with van der Waals surface area (Å²) < 4.78 is 16.5. The van der Waals surface area contributed by atoms with Gasteiger partial charge in [-0.1, -0.05) is 54.2 Å². The summed E-state index contributed by atoms with van der Waals surface area (Å²) in [6.07, 6.45) is 1.55. The number of piperidine rings is 1. The van der Waals surface area contributed by atoms with Crippen LogP contribution < -0.4 is 4.74 Å². The molecule has 0 N–H and O–H groups in total. The number of carbonyl (C=O) groups is 3. The molecule has 3 aliphatic heterocycles. The van der Waals surface area contributed by atoms with E-state index in [2.05, 4.69) is 0 Å². The van der Waals surface area contributed by atoms with Crippen LogP contribution in [0.5, 0.6) is 5.75 Å². The Morgan fingerprint density at radius 2 is 1.88 bits per heavy atom. The number of amidine groups is 1. The highest BCUT2D eigenvalue weighted by Crippen LogP contribution is 2.45. The van der Waals surface area contributed by atoms with Crippen LogP contribution in [0.3, 0.4) is 0 Å². The first-order valence-corrected chi connectivity index (χ1v) is 15.0. The number of benzene rings is 2. The van der Waals surface area contributed by atoms with Crippen LogP contribution in [0.1, 0.15) is 50.3 Å². The molecule has 1 saturated heterocycles. The zero-order chi connectivity index (χ0) is 29.6. The van der Waals surface area contributed by atoms with Crippen molar-refractivity contribution in [1.82, 2.24) is 9.80 Å². The van der Waals surface area contributed by atoms with Crippen LogP contribution in [0.25, 0.3) is 0 Å². The number of fused-ring (bicyclic) bond motifs is 1. The molecule has 220 valence electrons. The fraction of sp³-hybridized carbons (Fsp3) is 0.375. The van der Waals surface area contributed by atoms with Gasteiger partial charge in [0.2, 0.25) is 5.91 Å². The highest BCUT2D eigenvalue weighted by molar-refractivity contribution is 8.16. The molecule has 5 rings (SSSR count). The van der Waals surface area contributed by atoms with Crippen molar-refractivity contribution in [2.45, 2.75) is 45.8 Å². The Labute approximate surface area is 250 Å².